The minimum atomic E-state index is -1.25. The van der Waals surface area contributed by atoms with Gasteiger partial charge in [0.05, 0.1) is 17.9 Å². The summed E-state index contributed by atoms with van der Waals surface area (Å²) >= 11 is 0. The third kappa shape index (κ3) is 6.03. The Labute approximate surface area is 166 Å². The van der Waals surface area contributed by atoms with Crippen molar-refractivity contribution < 1.29 is 19.0 Å². The van der Waals surface area contributed by atoms with Crippen molar-refractivity contribution in [2.75, 3.05) is 6.61 Å². The lowest BCUT2D eigenvalue weighted by Crippen LogP contribution is -2.29. The fourth-order valence-electron chi connectivity index (χ4n) is 2.77. The Morgan fingerprint density at radius 1 is 1.43 bits per heavy atom. The van der Waals surface area contributed by atoms with Crippen molar-refractivity contribution in [2.45, 2.75) is 44.9 Å². The highest BCUT2D eigenvalue weighted by atomic mass is 28.3. The molecule has 8 heteroatoms. The van der Waals surface area contributed by atoms with E-state index in [-0.39, 0.29) is 12.5 Å². The standard InChI is InChI=1S/C20H28FN3O3Si/c1-5-8-17(23-20(25)26)19-22-13-18(15-9-6-7-10-16(15)21)24(19)14-27-11-12-28(2,3)4/h5-7,9-10,13,17,23H,1,8,11-12,14H2,2-4H3,(H,25,26). The number of aromatic nitrogens is 2. The van der Waals surface area contributed by atoms with Crippen LogP contribution in [0.2, 0.25) is 25.7 Å². The molecule has 0 spiro atoms. The van der Waals surface area contributed by atoms with Crippen molar-refractivity contribution in [3.8, 4) is 11.3 Å². The average molecular weight is 406 g/mol. The molecule has 0 bridgehead atoms. The zero-order valence-corrected chi connectivity index (χ0v) is 17.6. The second kappa shape index (κ2) is 9.65. The second-order valence-electron chi connectivity index (χ2n) is 7.78. The van der Waals surface area contributed by atoms with Gasteiger partial charge in [-0.05, 0) is 24.6 Å². The molecule has 2 aromatic rings. The minimum absolute atomic E-state index is 0.165. The van der Waals surface area contributed by atoms with Crippen LogP contribution in [0.4, 0.5) is 9.18 Å². The van der Waals surface area contributed by atoms with Crippen molar-refractivity contribution in [3.63, 3.8) is 0 Å². The highest BCUT2D eigenvalue weighted by molar-refractivity contribution is 6.76. The Bertz CT molecular complexity index is 817. The molecule has 6 nitrogen and oxygen atoms in total. The molecule has 0 saturated heterocycles. The molecule has 1 aromatic carbocycles. The van der Waals surface area contributed by atoms with Crippen LogP contribution in [0.5, 0.6) is 0 Å². The molecule has 0 aliphatic heterocycles. The Morgan fingerprint density at radius 2 is 2.14 bits per heavy atom. The van der Waals surface area contributed by atoms with E-state index in [1.807, 2.05) is 0 Å². The summed E-state index contributed by atoms with van der Waals surface area (Å²) in [4.78, 5) is 15.6. The molecule has 2 rings (SSSR count). The fraction of sp³-hybridized carbons (Fsp3) is 0.400. The Morgan fingerprint density at radius 3 is 2.75 bits per heavy atom. The van der Waals surface area contributed by atoms with Crippen LogP contribution in [0, 0.1) is 5.82 Å². The van der Waals surface area contributed by atoms with E-state index in [4.69, 9.17) is 9.84 Å². The maximum Gasteiger partial charge on any atom is 0.405 e. The van der Waals surface area contributed by atoms with Crippen LogP contribution in [-0.4, -0.2) is 35.4 Å². The molecule has 28 heavy (non-hydrogen) atoms. The average Bonchev–Trinajstić information content (AvgIpc) is 3.01. The number of halogens is 1. The van der Waals surface area contributed by atoms with Gasteiger partial charge >= 0.3 is 6.09 Å². The van der Waals surface area contributed by atoms with Gasteiger partial charge in [-0.1, -0.05) is 37.8 Å². The number of hydrogen-bond donors (Lipinski definition) is 2. The fourth-order valence-corrected chi connectivity index (χ4v) is 3.52. The largest absolute Gasteiger partial charge is 0.465 e. The van der Waals surface area contributed by atoms with Gasteiger partial charge in [-0.3, -0.25) is 0 Å². The van der Waals surface area contributed by atoms with Gasteiger partial charge in [-0.15, -0.1) is 6.58 Å². The molecule has 0 aliphatic carbocycles. The third-order valence-electron chi connectivity index (χ3n) is 4.26. The normalized spacial score (nSPS) is 12.6. The van der Waals surface area contributed by atoms with Gasteiger partial charge in [0.1, 0.15) is 18.4 Å². The quantitative estimate of drug-likeness (QED) is 0.335. The zero-order chi connectivity index (χ0) is 20.7. The van der Waals surface area contributed by atoms with Gasteiger partial charge < -0.3 is 19.7 Å². The highest BCUT2D eigenvalue weighted by Gasteiger charge is 2.23. The number of nitrogens with one attached hydrogen (secondary N) is 1. The predicted octanol–water partition coefficient (Wildman–Crippen LogP) is 4.89. The summed E-state index contributed by atoms with van der Waals surface area (Å²) < 4.78 is 22.0. The number of hydrogen-bond acceptors (Lipinski definition) is 3. The monoisotopic (exact) mass is 405 g/mol. The number of benzene rings is 1. The van der Waals surface area contributed by atoms with E-state index in [1.165, 1.54) is 6.07 Å². The van der Waals surface area contributed by atoms with Crippen LogP contribution in [-0.2, 0) is 11.5 Å². The van der Waals surface area contributed by atoms with Crippen LogP contribution < -0.4 is 5.32 Å². The van der Waals surface area contributed by atoms with Gasteiger partial charge in [0, 0.05) is 20.2 Å². The topological polar surface area (TPSA) is 76.4 Å². The number of imidazole rings is 1. The molecule has 0 aliphatic rings. The second-order valence-corrected chi connectivity index (χ2v) is 13.4. The van der Waals surface area contributed by atoms with Crippen LogP contribution in [0.25, 0.3) is 11.3 Å². The van der Waals surface area contributed by atoms with Gasteiger partial charge in [0.25, 0.3) is 0 Å². The van der Waals surface area contributed by atoms with Gasteiger partial charge in [-0.25, -0.2) is 14.2 Å². The van der Waals surface area contributed by atoms with Gasteiger partial charge in [0.2, 0.25) is 0 Å². The summed E-state index contributed by atoms with van der Waals surface area (Å²) in [7, 11) is -1.25. The van der Waals surface area contributed by atoms with Crippen LogP contribution >= 0.6 is 0 Å². The lowest BCUT2D eigenvalue weighted by atomic mass is 10.1. The van der Waals surface area contributed by atoms with Crippen molar-refractivity contribution in [1.82, 2.24) is 14.9 Å². The Kier molecular flexibility index (Phi) is 7.53. The van der Waals surface area contributed by atoms with Crippen molar-refractivity contribution >= 4 is 14.2 Å². The smallest absolute Gasteiger partial charge is 0.405 e. The van der Waals surface area contributed by atoms with Crippen LogP contribution in [0.3, 0.4) is 0 Å². The number of carbonyl (C=O) groups is 1. The Balaban J connectivity index is 2.37. The summed E-state index contributed by atoms with van der Waals surface area (Å²) in [6.45, 7) is 11.2. The SMILES string of the molecule is C=CCC(NC(=O)O)c1ncc(-c2ccccc2F)n1COCC[Si](C)(C)C. The maximum absolute atomic E-state index is 14.4. The first-order valence-corrected chi connectivity index (χ1v) is 12.9. The van der Waals surface area contributed by atoms with E-state index in [0.717, 1.165) is 6.04 Å². The van der Waals surface area contributed by atoms with E-state index in [9.17, 15) is 9.18 Å². The third-order valence-corrected chi connectivity index (χ3v) is 5.97. The van der Waals surface area contributed by atoms with Gasteiger partial charge in [0.15, 0.2) is 0 Å². The van der Waals surface area contributed by atoms with E-state index in [2.05, 4.69) is 36.5 Å². The molecule has 1 amide bonds. The summed E-state index contributed by atoms with van der Waals surface area (Å²) in [6, 6.07) is 6.82. The first-order valence-electron chi connectivity index (χ1n) is 9.21. The van der Waals surface area contributed by atoms with E-state index >= 15 is 0 Å². The highest BCUT2D eigenvalue weighted by Crippen LogP contribution is 2.27. The molecule has 1 unspecified atom stereocenters. The molecular weight excluding hydrogens is 377 g/mol. The van der Waals surface area contributed by atoms with E-state index < -0.39 is 20.2 Å². The molecule has 152 valence electrons. The van der Waals surface area contributed by atoms with Crippen LogP contribution in [0.1, 0.15) is 18.3 Å². The molecule has 1 aromatic heterocycles. The number of ether oxygens (including phenoxy) is 1. The van der Waals surface area contributed by atoms with Crippen LogP contribution in [0.15, 0.2) is 43.1 Å². The van der Waals surface area contributed by atoms with E-state index in [1.54, 1.807) is 35.0 Å². The number of carboxylic acid groups (broad SMARTS) is 1. The number of amides is 1. The molecule has 0 fully saturated rings. The molecule has 0 saturated carbocycles. The first-order chi connectivity index (χ1) is 13.2. The molecular formula is C20H28FN3O3Si. The lowest BCUT2D eigenvalue weighted by Gasteiger charge is -2.20. The molecule has 0 radical (unpaired) electrons. The molecule has 1 atom stereocenters. The van der Waals surface area contributed by atoms with Crippen molar-refractivity contribution in [1.29, 1.82) is 0 Å². The summed E-state index contributed by atoms with van der Waals surface area (Å²) in [5.41, 5.74) is 0.935. The van der Waals surface area contributed by atoms with Crippen molar-refractivity contribution in [3.05, 3.63) is 54.8 Å². The summed E-state index contributed by atoms with van der Waals surface area (Å²) in [5.74, 6) is 0.0947. The van der Waals surface area contributed by atoms with Crippen molar-refractivity contribution in [2.24, 2.45) is 0 Å². The molecule has 2 N–H and O–H groups in total. The number of rotatable bonds is 10. The van der Waals surface area contributed by atoms with Gasteiger partial charge in [-0.2, -0.15) is 0 Å². The number of nitrogens with zero attached hydrogens (tertiary/aromatic N) is 2. The first kappa shape index (κ1) is 21.8. The molecule has 1 heterocycles. The zero-order valence-electron chi connectivity index (χ0n) is 16.6. The Hall–Kier alpha value is -2.45. The maximum atomic E-state index is 14.4. The minimum Gasteiger partial charge on any atom is -0.465 e. The van der Waals surface area contributed by atoms with E-state index in [0.29, 0.717) is 30.1 Å². The summed E-state index contributed by atoms with van der Waals surface area (Å²) in [5, 5.41) is 11.6. The lowest BCUT2D eigenvalue weighted by molar-refractivity contribution is 0.0847. The predicted molar refractivity (Wildman–Crippen MR) is 110 cm³/mol. The summed E-state index contributed by atoms with van der Waals surface area (Å²) in [6.07, 6.45) is 2.37.